The van der Waals surface area contributed by atoms with Crippen LogP contribution in [0.3, 0.4) is 0 Å². The van der Waals surface area contributed by atoms with E-state index < -0.39 is 6.04 Å². The minimum atomic E-state index is -0.431. The van der Waals surface area contributed by atoms with Gasteiger partial charge in [0, 0.05) is 13.2 Å². The van der Waals surface area contributed by atoms with Crippen LogP contribution in [0.2, 0.25) is 0 Å². The smallest absolute Gasteiger partial charge is 0.236 e. The number of carbonyl (C=O) groups excluding carboxylic acids is 1. The lowest BCUT2D eigenvalue weighted by molar-refractivity contribution is -0.122. The zero-order chi connectivity index (χ0) is 14.2. The largest absolute Gasteiger partial charge is 0.378 e. The molecule has 4 heteroatoms. The topological polar surface area (TPSA) is 64.4 Å². The van der Waals surface area contributed by atoms with Crippen LogP contribution in [0.25, 0.3) is 0 Å². The maximum atomic E-state index is 11.9. The van der Waals surface area contributed by atoms with E-state index in [1.165, 1.54) is 5.56 Å². The summed E-state index contributed by atoms with van der Waals surface area (Å²) in [5.74, 6) is -0.0565. The Labute approximate surface area is 120 Å². The van der Waals surface area contributed by atoms with Crippen LogP contribution >= 0.6 is 0 Å². The summed E-state index contributed by atoms with van der Waals surface area (Å²) in [5, 5.41) is 2.90. The molecule has 1 aliphatic rings. The van der Waals surface area contributed by atoms with Gasteiger partial charge in [0.2, 0.25) is 5.91 Å². The van der Waals surface area contributed by atoms with Gasteiger partial charge in [-0.05, 0) is 37.7 Å². The summed E-state index contributed by atoms with van der Waals surface area (Å²) in [6.45, 7) is 1.51. The fourth-order valence-corrected chi connectivity index (χ4v) is 2.46. The number of aryl methyl sites for hydroxylation is 1. The van der Waals surface area contributed by atoms with E-state index in [1.54, 1.807) is 0 Å². The first-order chi connectivity index (χ1) is 9.75. The molecule has 20 heavy (non-hydrogen) atoms. The molecule has 1 aromatic rings. The Morgan fingerprint density at radius 1 is 1.40 bits per heavy atom. The van der Waals surface area contributed by atoms with Crippen LogP contribution in [0.4, 0.5) is 0 Å². The Morgan fingerprint density at radius 3 is 2.90 bits per heavy atom. The molecule has 110 valence electrons. The molecule has 4 nitrogen and oxygen atoms in total. The lowest BCUT2D eigenvalue weighted by atomic mass is 10.1. The molecule has 0 aliphatic carbocycles. The van der Waals surface area contributed by atoms with E-state index in [-0.39, 0.29) is 5.91 Å². The van der Waals surface area contributed by atoms with Crippen LogP contribution in [-0.2, 0) is 16.0 Å². The van der Waals surface area contributed by atoms with Gasteiger partial charge in [-0.2, -0.15) is 0 Å². The highest BCUT2D eigenvalue weighted by molar-refractivity contribution is 5.81. The third kappa shape index (κ3) is 4.94. The van der Waals surface area contributed by atoms with E-state index in [9.17, 15) is 4.79 Å². The van der Waals surface area contributed by atoms with Gasteiger partial charge in [-0.3, -0.25) is 4.79 Å². The van der Waals surface area contributed by atoms with E-state index >= 15 is 0 Å². The fraction of sp³-hybridized carbons (Fsp3) is 0.562. The molecule has 0 saturated carbocycles. The molecule has 1 fully saturated rings. The van der Waals surface area contributed by atoms with Crippen LogP contribution in [0.15, 0.2) is 30.3 Å². The summed E-state index contributed by atoms with van der Waals surface area (Å²) in [7, 11) is 0. The molecule has 2 unspecified atom stereocenters. The first kappa shape index (κ1) is 15.0. The molecule has 1 aromatic carbocycles. The summed E-state index contributed by atoms with van der Waals surface area (Å²) >= 11 is 0. The second-order valence-electron chi connectivity index (χ2n) is 5.35. The van der Waals surface area contributed by atoms with Crippen molar-refractivity contribution in [3.8, 4) is 0 Å². The number of amides is 1. The third-order valence-electron chi connectivity index (χ3n) is 3.71. The number of ether oxygens (including phenoxy) is 1. The number of carbonyl (C=O) groups is 1. The Kier molecular flexibility index (Phi) is 6.02. The van der Waals surface area contributed by atoms with Crippen molar-refractivity contribution in [1.29, 1.82) is 0 Å². The maximum Gasteiger partial charge on any atom is 0.236 e. The van der Waals surface area contributed by atoms with E-state index in [4.69, 9.17) is 10.5 Å². The number of nitrogens with one attached hydrogen (secondary N) is 1. The van der Waals surface area contributed by atoms with Gasteiger partial charge < -0.3 is 15.8 Å². The number of nitrogens with two attached hydrogens (primary N) is 1. The molecular weight excluding hydrogens is 252 g/mol. The van der Waals surface area contributed by atoms with Crippen LogP contribution in [0.1, 0.15) is 31.2 Å². The van der Waals surface area contributed by atoms with Crippen molar-refractivity contribution in [2.45, 2.75) is 44.2 Å². The van der Waals surface area contributed by atoms with Gasteiger partial charge in [0.1, 0.15) is 0 Å². The molecule has 3 N–H and O–H groups in total. The number of benzene rings is 1. The van der Waals surface area contributed by atoms with Crippen molar-refractivity contribution in [2.75, 3.05) is 13.2 Å². The molecule has 0 bridgehead atoms. The fourth-order valence-electron chi connectivity index (χ4n) is 2.46. The normalized spacial score (nSPS) is 19.8. The van der Waals surface area contributed by atoms with Crippen molar-refractivity contribution < 1.29 is 9.53 Å². The number of rotatable bonds is 7. The molecule has 2 rings (SSSR count). The van der Waals surface area contributed by atoms with Gasteiger partial charge in [-0.15, -0.1) is 0 Å². The molecule has 2 atom stereocenters. The SMILES string of the molecule is NC(CCc1ccccc1)C(=O)NCCC1CCCO1. The van der Waals surface area contributed by atoms with Gasteiger partial charge in [0.15, 0.2) is 0 Å². The third-order valence-corrected chi connectivity index (χ3v) is 3.71. The molecule has 1 amide bonds. The van der Waals surface area contributed by atoms with Crippen molar-refractivity contribution in [3.63, 3.8) is 0 Å². The second kappa shape index (κ2) is 8.02. The van der Waals surface area contributed by atoms with Crippen molar-refractivity contribution in [1.82, 2.24) is 5.32 Å². The Hall–Kier alpha value is -1.39. The Balaban J connectivity index is 1.61. The first-order valence-electron chi connectivity index (χ1n) is 7.44. The molecule has 1 heterocycles. The van der Waals surface area contributed by atoms with E-state index in [0.717, 1.165) is 32.3 Å². The zero-order valence-corrected chi connectivity index (χ0v) is 11.9. The highest BCUT2D eigenvalue weighted by Crippen LogP contribution is 2.14. The number of hydrogen-bond acceptors (Lipinski definition) is 3. The van der Waals surface area contributed by atoms with Gasteiger partial charge in [-0.1, -0.05) is 30.3 Å². The lowest BCUT2D eigenvalue weighted by Crippen LogP contribution is -2.41. The van der Waals surface area contributed by atoms with Gasteiger partial charge in [0.25, 0.3) is 0 Å². The van der Waals surface area contributed by atoms with Gasteiger partial charge in [0.05, 0.1) is 12.1 Å². The predicted molar refractivity (Wildman–Crippen MR) is 79.3 cm³/mol. The van der Waals surface area contributed by atoms with Gasteiger partial charge in [-0.25, -0.2) is 0 Å². The summed E-state index contributed by atoms with van der Waals surface area (Å²) in [6.07, 6.45) is 4.95. The summed E-state index contributed by atoms with van der Waals surface area (Å²) in [6, 6.07) is 9.68. The summed E-state index contributed by atoms with van der Waals surface area (Å²) < 4.78 is 5.52. The van der Waals surface area contributed by atoms with E-state index in [0.29, 0.717) is 19.1 Å². The second-order valence-corrected chi connectivity index (χ2v) is 5.35. The molecule has 0 aromatic heterocycles. The van der Waals surface area contributed by atoms with Crippen LogP contribution in [0.5, 0.6) is 0 Å². The van der Waals surface area contributed by atoms with Crippen molar-refractivity contribution in [3.05, 3.63) is 35.9 Å². The van der Waals surface area contributed by atoms with Crippen molar-refractivity contribution >= 4 is 5.91 Å². The summed E-state index contributed by atoms with van der Waals surface area (Å²) in [5.41, 5.74) is 7.13. The molecule has 0 radical (unpaired) electrons. The predicted octanol–water partition coefficient (Wildman–Crippen LogP) is 1.63. The Morgan fingerprint density at radius 2 is 2.20 bits per heavy atom. The van der Waals surface area contributed by atoms with Crippen molar-refractivity contribution in [2.24, 2.45) is 5.73 Å². The van der Waals surface area contributed by atoms with E-state index in [2.05, 4.69) is 17.4 Å². The molecule has 0 spiro atoms. The lowest BCUT2D eigenvalue weighted by Gasteiger charge is -2.14. The molecule has 1 saturated heterocycles. The monoisotopic (exact) mass is 276 g/mol. The highest BCUT2D eigenvalue weighted by Gasteiger charge is 2.17. The molecule has 1 aliphatic heterocycles. The minimum absolute atomic E-state index is 0.0565. The molecular formula is C16H24N2O2. The Bertz CT molecular complexity index is 402. The van der Waals surface area contributed by atoms with Crippen LogP contribution in [0, 0.1) is 0 Å². The minimum Gasteiger partial charge on any atom is -0.378 e. The standard InChI is InChI=1S/C16H24N2O2/c17-15(9-8-13-5-2-1-3-6-13)16(19)18-11-10-14-7-4-12-20-14/h1-3,5-6,14-15H,4,7-12,17H2,(H,18,19). The quantitative estimate of drug-likeness (QED) is 0.795. The summed E-state index contributed by atoms with van der Waals surface area (Å²) in [4.78, 5) is 11.9. The zero-order valence-electron chi connectivity index (χ0n) is 11.9. The average Bonchev–Trinajstić information content (AvgIpc) is 2.99. The van der Waals surface area contributed by atoms with Gasteiger partial charge >= 0.3 is 0 Å². The van der Waals surface area contributed by atoms with E-state index in [1.807, 2.05) is 18.2 Å². The van der Waals surface area contributed by atoms with Crippen LogP contribution in [-0.4, -0.2) is 31.2 Å². The van der Waals surface area contributed by atoms with Crippen LogP contribution < -0.4 is 11.1 Å². The average molecular weight is 276 g/mol. The maximum absolute atomic E-state index is 11.9. The first-order valence-corrected chi connectivity index (χ1v) is 7.44. The number of hydrogen-bond donors (Lipinski definition) is 2. The highest BCUT2D eigenvalue weighted by atomic mass is 16.5.